The normalized spacial score (nSPS) is 13.2. The van der Waals surface area contributed by atoms with Crippen LogP contribution in [-0.2, 0) is 16.2 Å². The summed E-state index contributed by atoms with van der Waals surface area (Å²) in [6.07, 6.45) is 2.19. The highest BCUT2D eigenvalue weighted by Gasteiger charge is 2.37. The molecular formula is C67H61N. The van der Waals surface area contributed by atoms with E-state index in [4.69, 9.17) is 0 Å². The van der Waals surface area contributed by atoms with Crippen molar-refractivity contribution in [1.82, 2.24) is 0 Å². The van der Waals surface area contributed by atoms with Gasteiger partial charge in [0.15, 0.2) is 0 Å². The van der Waals surface area contributed by atoms with Crippen LogP contribution in [-0.4, -0.2) is 0 Å². The Balaban J connectivity index is 0.982. The fourth-order valence-corrected chi connectivity index (χ4v) is 10.9. The van der Waals surface area contributed by atoms with Crippen molar-refractivity contribution < 1.29 is 0 Å². The fourth-order valence-electron chi connectivity index (χ4n) is 10.9. The van der Waals surface area contributed by atoms with Crippen molar-refractivity contribution >= 4 is 49.4 Å². The maximum absolute atomic E-state index is 2.48. The van der Waals surface area contributed by atoms with Gasteiger partial charge in [0.05, 0.1) is 0 Å². The molecule has 0 spiro atoms. The van der Waals surface area contributed by atoms with Crippen LogP contribution in [0, 0.1) is 0 Å². The van der Waals surface area contributed by atoms with E-state index in [1.807, 2.05) is 0 Å². The Morgan fingerprint density at radius 3 is 1.34 bits per heavy atom. The molecule has 0 N–H and O–H groups in total. The van der Waals surface area contributed by atoms with E-state index < -0.39 is 0 Å². The summed E-state index contributed by atoms with van der Waals surface area (Å²) in [5.74, 6) is 0. The Kier molecular flexibility index (Phi) is 10.5. The minimum absolute atomic E-state index is 0.0836. The fraction of sp³-hybridized carbons (Fsp3) is 0.194. The van der Waals surface area contributed by atoms with Crippen LogP contribution < -0.4 is 4.90 Å². The third-order valence-electron chi connectivity index (χ3n) is 16.0. The summed E-state index contributed by atoms with van der Waals surface area (Å²) >= 11 is 0. The Morgan fingerprint density at radius 2 is 0.779 bits per heavy atom. The lowest BCUT2D eigenvalue weighted by atomic mass is 9.77. The number of rotatable bonds is 10. The Bertz CT molecular complexity index is 3470. The van der Waals surface area contributed by atoms with Crippen LogP contribution in [0.2, 0.25) is 0 Å². The van der Waals surface area contributed by atoms with Crippen LogP contribution in [0.4, 0.5) is 17.1 Å². The largest absolute Gasteiger partial charge is 0.311 e. The Hall–Kier alpha value is -7.22. The molecule has 0 aliphatic heterocycles. The first-order valence-corrected chi connectivity index (χ1v) is 24.7. The van der Waals surface area contributed by atoms with Crippen molar-refractivity contribution in [1.29, 1.82) is 0 Å². The second-order valence-corrected chi connectivity index (χ2v) is 21.0. The lowest BCUT2D eigenvalue weighted by molar-refractivity contribution is 0.504. The molecule has 0 radical (unpaired) electrons. The van der Waals surface area contributed by atoms with Gasteiger partial charge in [0, 0.05) is 22.5 Å². The maximum Gasteiger partial charge on any atom is 0.0462 e. The zero-order valence-corrected chi connectivity index (χ0v) is 40.9. The SMILES string of the molecule is CCC(C)(C)c1ccc(N(c2ccc(-c3ccc4c(c3)C(C)(C)c3cc(C(C)(C)CC)ccc3-4)cc2)c2ccc(-c3c4ccccc4c(-c4ccc5ccccc5c4)c4ccccc34)cc2)cc1. The second kappa shape index (κ2) is 16.5. The number of benzene rings is 10. The van der Waals surface area contributed by atoms with Crippen LogP contribution in [0.25, 0.3) is 76.8 Å². The number of fused-ring (bicyclic) bond motifs is 6. The van der Waals surface area contributed by atoms with Gasteiger partial charge in [0.25, 0.3) is 0 Å². The van der Waals surface area contributed by atoms with E-state index in [0.717, 1.165) is 29.9 Å². The summed E-state index contributed by atoms with van der Waals surface area (Å²) in [6.45, 7) is 18.8. The smallest absolute Gasteiger partial charge is 0.0462 e. The number of nitrogens with zero attached hydrogens (tertiary/aromatic N) is 1. The second-order valence-electron chi connectivity index (χ2n) is 21.0. The zero-order valence-electron chi connectivity index (χ0n) is 40.9. The summed E-state index contributed by atoms with van der Waals surface area (Å²) in [5, 5.41) is 7.55. The van der Waals surface area contributed by atoms with E-state index in [-0.39, 0.29) is 16.2 Å². The van der Waals surface area contributed by atoms with Crippen molar-refractivity contribution in [2.24, 2.45) is 0 Å². The highest BCUT2D eigenvalue weighted by molar-refractivity contribution is 6.21. The third kappa shape index (κ3) is 7.23. The predicted molar refractivity (Wildman–Crippen MR) is 294 cm³/mol. The molecule has 1 heteroatoms. The zero-order chi connectivity index (χ0) is 47.0. The lowest BCUT2D eigenvalue weighted by Crippen LogP contribution is -2.19. The molecule has 10 aromatic rings. The maximum atomic E-state index is 2.48. The van der Waals surface area contributed by atoms with E-state index in [1.54, 1.807) is 0 Å². The van der Waals surface area contributed by atoms with Gasteiger partial charge in [-0.3, -0.25) is 0 Å². The quantitative estimate of drug-likeness (QED) is 0.124. The van der Waals surface area contributed by atoms with Crippen molar-refractivity contribution in [2.75, 3.05) is 4.90 Å². The van der Waals surface area contributed by atoms with Crippen molar-refractivity contribution in [2.45, 2.75) is 84.5 Å². The van der Waals surface area contributed by atoms with Gasteiger partial charge >= 0.3 is 0 Å². The molecule has 0 saturated carbocycles. The molecule has 0 fully saturated rings. The highest BCUT2D eigenvalue weighted by Crippen LogP contribution is 2.51. The van der Waals surface area contributed by atoms with Crippen LogP contribution in [0.3, 0.4) is 0 Å². The summed E-state index contributed by atoms with van der Waals surface area (Å²) < 4.78 is 0. The first-order valence-electron chi connectivity index (χ1n) is 24.7. The molecule has 0 aromatic heterocycles. The van der Waals surface area contributed by atoms with Crippen LogP contribution >= 0.6 is 0 Å². The number of hydrogen-bond donors (Lipinski definition) is 0. The number of hydrogen-bond acceptors (Lipinski definition) is 1. The van der Waals surface area contributed by atoms with Crippen LogP contribution in [0.15, 0.2) is 200 Å². The molecule has 68 heavy (non-hydrogen) atoms. The summed E-state index contributed by atoms with van der Waals surface area (Å²) in [6, 6.07) is 75.5. The highest BCUT2D eigenvalue weighted by atomic mass is 15.1. The van der Waals surface area contributed by atoms with Gasteiger partial charge in [-0.2, -0.15) is 0 Å². The van der Waals surface area contributed by atoms with Crippen molar-refractivity contribution in [3.05, 3.63) is 222 Å². The molecule has 0 unspecified atom stereocenters. The number of anilines is 3. The first kappa shape index (κ1) is 43.4. The van der Waals surface area contributed by atoms with Crippen molar-refractivity contribution in [3.8, 4) is 44.5 Å². The molecule has 0 bridgehead atoms. The molecule has 1 aliphatic rings. The third-order valence-corrected chi connectivity index (χ3v) is 16.0. The van der Waals surface area contributed by atoms with Gasteiger partial charge in [0.2, 0.25) is 0 Å². The van der Waals surface area contributed by atoms with E-state index in [0.29, 0.717) is 0 Å². The van der Waals surface area contributed by atoms with E-state index >= 15 is 0 Å². The van der Waals surface area contributed by atoms with Gasteiger partial charge in [0.1, 0.15) is 0 Å². The average Bonchev–Trinajstić information content (AvgIpc) is 3.60. The molecule has 1 aliphatic carbocycles. The van der Waals surface area contributed by atoms with Gasteiger partial charge in [-0.25, -0.2) is 0 Å². The van der Waals surface area contributed by atoms with Crippen LogP contribution in [0.5, 0.6) is 0 Å². The van der Waals surface area contributed by atoms with Gasteiger partial charge in [-0.1, -0.05) is 207 Å². The van der Waals surface area contributed by atoms with Gasteiger partial charge in [-0.05, 0) is 171 Å². The van der Waals surface area contributed by atoms with E-state index in [2.05, 4.69) is 260 Å². The average molecular weight is 880 g/mol. The topological polar surface area (TPSA) is 3.24 Å². The summed E-state index contributed by atoms with van der Waals surface area (Å²) in [7, 11) is 0. The monoisotopic (exact) mass is 879 g/mol. The lowest BCUT2D eigenvalue weighted by Gasteiger charge is -2.28. The molecule has 0 heterocycles. The minimum atomic E-state index is -0.0836. The molecule has 334 valence electrons. The molecule has 0 amide bonds. The minimum Gasteiger partial charge on any atom is -0.311 e. The van der Waals surface area contributed by atoms with Gasteiger partial charge in [-0.15, -0.1) is 0 Å². The van der Waals surface area contributed by atoms with Crippen molar-refractivity contribution in [3.63, 3.8) is 0 Å². The molecule has 0 atom stereocenters. The predicted octanol–water partition coefficient (Wildman–Crippen LogP) is 19.3. The van der Waals surface area contributed by atoms with Gasteiger partial charge < -0.3 is 4.90 Å². The Labute approximate surface area is 403 Å². The standard InChI is InChI=1S/C67H61N/c1-9-65(3,4)50-30-37-54(38-31-50)68(52-33-25-45(26-34-52)48-29-39-55-56-40-32-51(66(5,6)10-2)43-62(56)67(7,8)61(55)42-48)53-35-27-46(28-36-53)63-57-19-13-15-21-59(57)64(60-22-16-14-20-58(60)63)49-24-23-44-17-11-12-18-47(44)41-49/h11-43H,9-10H2,1-8H3. The molecular weight excluding hydrogens is 819 g/mol. The summed E-state index contributed by atoms with van der Waals surface area (Å²) in [5.41, 5.74) is 19.3. The first-order chi connectivity index (χ1) is 32.9. The van der Waals surface area contributed by atoms with Crippen LogP contribution in [0.1, 0.15) is 90.5 Å². The molecule has 1 nitrogen and oxygen atoms in total. The molecule has 0 saturated heterocycles. The molecule has 10 aromatic carbocycles. The summed E-state index contributed by atoms with van der Waals surface area (Å²) in [4.78, 5) is 2.41. The molecule has 11 rings (SSSR count). The van der Waals surface area contributed by atoms with E-state index in [9.17, 15) is 0 Å². The Morgan fingerprint density at radius 1 is 0.368 bits per heavy atom. The van der Waals surface area contributed by atoms with E-state index in [1.165, 1.54) is 99.1 Å².